The van der Waals surface area contributed by atoms with Gasteiger partial charge < -0.3 is 10.1 Å². The van der Waals surface area contributed by atoms with E-state index in [0.29, 0.717) is 0 Å². The van der Waals surface area contributed by atoms with Gasteiger partial charge in [-0.3, -0.25) is 4.98 Å². The lowest BCUT2D eigenvalue weighted by Crippen LogP contribution is -2.18. The van der Waals surface area contributed by atoms with E-state index in [9.17, 15) is 0 Å². The van der Waals surface area contributed by atoms with Crippen LogP contribution in [0.5, 0.6) is 5.75 Å². The van der Waals surface area contributed by atoms with E-state index in [2.05, 4.69) is 29.4 Å². The van der Waals surface area contributed by atoms with Crippen LogP contribution in [0, 0.1) is 0 Å². The number of methoxy groups -OCH3 is 1. The normalized spacial score (nSPS) is 12.1. The molecule has 0 radical (unpaired) electrons. The van der Waals surface area contributed by atoms with Crippen LogP contribution >= 0.6 is 0 Å². The van der Waals surface area contributed by atoms with Gasteiger partial charge in [-0.25, -0.2) is 0 Å². The number of benzene rings is 1. The molecule has 0 spiro atoms. The zero-order valence-electron chi connectivity index (χ0n) is 10.8. The Morgan fingerprint density at radius 3 is 2.72 bits per heavy atom. The first-order valence-electron chi connectivity index (χ1n) is 6.06. The van der Waals surface area contributed by atoms with Crippen LogP contribution in [-0.2, 0) is 6.54 Å². The van der Waals surface area contributed by atoms with Gasteiger partial charge in [-0.05, 0) is 42.3 Å². The highest BCUT2D eigenvalue weighted by Gasteiger charge is 2.05. The fourth-order valence-electron chi connectivity index (χ4n) is 1.80. The molecule has 0 aliphatic rings. The average molecular weight is 242 g/mol. The van der Waals surface area contributed by atoms with Gasteiger partial charge in [-0.15, -0.1) is 0 Å². The summed E-state index contributed by atoms with van der Waals surface area (Å²) in [7, 11) is 1.69. The van der Waals surface area contributed by atoms with Gasteiger partial charge in [0.25, 0.3) is 0 Å². The van der Waals surface area contributed by atoms with E-state index in [1.807, 2.05) is 36.7 Å². The van der Waals surface area contributed by atoms with Crippen LogP contribution in [0.1, 0.15) is 24.1 Å². The van der Waals surface area contributed by atoms with Crippen LogP contribution in [0.25, 0.3) is 0 Å². The average Bonchev–Trinajstić information content (AvgIpc) is 2.46. The maximum Gasteiger partial charge on any atom is 0.119 e. The van der Waals surface area contributed by atoms with E-state index >= 15 is 0 Å². The molecular weight excluding hydrogens is 224 g/mol. The van der Waals surface area contributed by atoms with Gasteiger partial charge in [-0.1, -0.05) is 12.1 Å². The standard InChI is InChI=1S/C15H18N2O/c1-12(14-4-3-5-15(10-14)18-2)17-11-13-6-8-16-9-7-13/h3-10,12,17H,11H2,1-2H3. The molecule has 18 heavy (non-hydrogen) atoms. The summed E-state index contributed by atoms with van der Waals surface area (Å²) in [4.78, 5) is 4.01. The number of pyridine rings is 1. The van der Waals surface area contributed by atoms with Crippen molar-refractivity contribution >= 4 is 0 Å². The molecule has 0 aliphatic carbocycles. The maximum absolute atomic E-state index is 5.23. The van der Waals surface area contributed by atoms with Crippen LogP contribution in [0.2, 0.25) is 0 Å². The smallest absolute Gasteiger partial charge is 0.119 e. The van der Waals surface area contributed by atoms with Crippen molar-refractivity contribution < 1.29 is 4.74 Å². The van der Waals surface area contributed by atoms with Crippen molar-refractivity contribution in [2.45, 2.75) is 19.5 Å². The molecule has 1 aromatic heterocycles. The number of nitrogens with one attached hydrogen (secondary N) is 1. The van der Waals surface area contributed by atoms with E-state index in [0.717, 1.165) is 12.3 Å². The second-order valence-electron chi connectivity index (χ2n) is 4.23. The summed E-state index contributed by atoms with van der Waals surface area (Å²) in [5.74, 6) is 0.894. The highest BCUT2D eigenvalue weighted by Crippen LogP contribution is 2.18. The van der Waals surface area contributed by atoms with Gasteiger partial charge in [0.15, 0.2) is 0 Å². The summed E-state index contributed by atoms with van der Waals surface area (Å²) in [5, 5.41) is 3.48. The van der Waals surface area contributed by atoms with Crippen LogP contribution in [0.4, 0.5) is 0 Å². The minimum absolute atomic E-state index is 0.285. The van der Waals surface area contributed by atoms with Crippen molar-refractivity contribution in [3.05, 3.63) is 59.9 Å². The molecule has 0 saturated heterocycles. The highest BCUT2D eigenvalue weighted by molar-refractivity contribution is 5.30. The van der Waals surface area contributed by atoms with E-state index in [1.54, 1.807) is 7.11 Å². The Labute approximate surface area is 108 Å². The summed E-state index contributed by atoms with van der Waals surface area (Å²) in [6.45, 7) is 2.98. The van der Waals surface area contributed by atoms with E-state index in [-0.39, 0.29) is 6.04 Å². The number of rotatable bonds is 5. The molecule has 0 amide bonds. The second kappa shape index (κ2) is 6.17. The molecule has 0 fully saturated rings. The minimum atomic E-state index is 0.285. The van der Waals surface area contributed by atoms with Crippen molar-refractivity contribution in [1.82, 2.24) is 10.3 Å². The number of hydrogen-bond donors (Lipinski definition) is 1. The van der Waals surface area contributed by atoms with E-state index in [1.165, 1.54) is 11.1 Å². The Morgan fingerprint density at radius 2 is 2.00 bits per heavy atom. The number of hydrogen-bond acceptors (Lipinski definition) is 3. The fraction of sp³-hybridized carbons (Fsp3) is 0.267. The van der Waals surface area contributed by atoms with Crippen LogP contribution in [-0.4, -0.2) is 12.1 Å². The third kappa shape index (κ3) is 3.31. The van der Waals surface area contributed by atoms with Crippen LogP contribution in [0.15, 0.2) is 48.8 Å². The second-order valence-corrected chi connectivity index (χ2v) is 4.23. The Hall–Kier alpha value is -1.87. The lowest BCUT2D eigenvalue weighted by molar-refractivity contribution is 0.413. The molecule has 0 aliphatic heterocycles. The molecule has 0 bridgehead atoms. The third-order valence-electron chi connectivity index (χ3n) is 2.96. The van der Waals surface area contributed by atoms with Crippen LogP contribution < -0.4 is 10.1 Å². The Balaban J connectivity index is 1.97. The quantitative estimate of drug-likeness (QED) is 0.875. The predicted octanol–water partition coefficient (Wildman–Crippen LogP) is 2.94. The van der Waals surface area contributed by atoms with Crippen molar-refractivity contribution in [3.63, 3.8) is 0 Å². The Bertz CT molecular complexity index is 485. The lowest BCUT2D eigenvalue weighted by Gasteiger charge is -2.15. The van der Waals surface area contributed by atoms with Crippen molar-refractivity contribution in [2.75, 3.05) is 7.11 Å². The van der Waals surface area contributed by atoms with Gasteiger partial charge >= 0.3 is 0 Å². The Kier molecular flexibility index (Phi) is 4.31. The zero-order chi connectivity index (χ0) is 12.8. The fourth-order valence-corrected chi connectivity index (χ4v) is 1.80. The molecule has 3 heteroatoms. The molecule has 2 rings (SSSR count). The third-order valence-corrected chi connectivity index (χ3v) is 2.96. The lowest BCUT2D eigenvalue weighted by atomic mass is 10.1. The first-order valence-corrected chi connectivity index (χ1v) is 6.06. The monoisotopic (exact) mass is 242 g/mol. The van der Waals surface area contributed by atoms with Gasteiger partial charge in [0.2, 0.25) is 0 Å². The van der Waals surface area contributed by atoms with Crippen molar-refractivity contribution in [1.29, 1.82) is 0 Å². The number of aromatic nitrogens is 1. The maximum atomic E-state index is 5.23. The first kappa shape index (κ1) is 12.6. The number of ether oxygens (including phenoxy) is 1. The molecule has 1 N–H and O–H groups in total. The number of nitrogens with zero attached hydrogens (tertiary/aromatic N) is 1. The SMILES string of the molecule is COc1cccc(C(C)NCc2ccncc2)c1. The van der Waals surface area contributed by atoms with Gasteiger partial charge in [0.05, 0.1) is 7.11 Å². The van der Waals surface area contributed by atoms with Gasteiger partial charge in [0, 0.05) is 25.0 Å². The van der Waals surface area contributed by atoms with Crippen molar-refractivity contribution in [2.24, 2.45) is 0 Å². The predicted molar refractivity (Wildman–Crippen MR) is 72.5 cm³/mol. The summed E-state index contributed by atoms with van der Waals surface area (Å²) in [6, 6.07) is 12.5. The molecule has 1 unspecified atom stereocenters. The highest BCUT2D eigenvalue weighted by atomic mass is 16.5. The summed E-state index contributed by atoms with van der Waals surface area (Å²) in [5.41, 5.74) is 2.46. The van der Waals surface area contributed by atoms with E-state index in [4.69, 9.17) is 4.74 Å². The largest absolute Gasteiger partial charge is 0.497 e. The molecule has 94 valence electrons. The molecule has 2 aromatic rings. The van der Waals surface area contributed by atoms with Gasteiger partial charge in [0.1, 0.15) is 5.75 Å². The summed E-state index contributed by atoms with van der Waals surface area (Å²) < 4.78 is 5.23. The molecule has 3 nitrogen and oxygen atoms in total. The zero-order valence-corrected chi connectivity index (χ0v) is 10.8. The molecular formula is C15H18N2O. The molecule has 0 saturated carbocycles. The van der Waals surface area contributed by atoms with Gasteiger partial charge in [-0.2, -0.15) is 0 Å². The minimum Gasteiger partial charge on any atom is -0.497 e. The Morgan fingerprint density at radius 1 is 1.22 bits per heavy atom. The van der Waals surface area contributed by atoms with Crippen LogP contribution in [0.3, 0.4) is 0 Å². The van der Waals surface area contributed by atoms with Crippen molar-refractivity contribution in [3.8, 4) is 5.75 Å². The summed E-state index contributed by atoms with van der Waals surface area (Å²) in [6.07, 6.45) is 3.63. The molecule has 1 aromatic carbocycles. The summed E-state index contributed by atoms with van der Waals surface area (Å²) >= 11 is 0. The topological polar surface area (TPSA) is 34.1 Å². The first-order chi connectivity index (χ1) is 8.79. The molecule has 1 heterocycles. The molecule has 1 atom stereocenters. The van der Waals surface area contributed by atoms with E-state index < -0.39 is 0 Å².